The molecule has 23 nitrogen and oxygen atoms in total. The Morgan fingerprint density at radius 3 is 0.902 bits per heavy atom. The van der Waals surface area contributed by atoms with Crippen molar-refractivity contribution >= 4 is 99.7 Å². The van der Waals surface area contributed by atoms with Gasteiger partial charge in [-0.1, -0.05) is 244 Å². The van der Waals surface area contributed by atoms with E-state index < -0.39 is 0 Å². The van der Waals surface area contributed by atoms with Gasteiger partial charge in [0.15, 0.2) is 0 Å². The van der Waals surface area contributed by atoms with Gasteiger partial charge in [-0.2, -0.15) is 25.5 Å². The number of nitrogens with zero attached hydrogens (tertiary/aromatic N) is 16. The monoisotopic (exact) mass is 1790 g/mol. The summed E-state index contributed by atoms with van der Waals surface area (Å²) in [5.74, 6) is 2.28. The predicted molar refractivity (Wildman–Crippen MR) is 560 cm³/mol. The average Bonchev–Trinajstić information content (AvgIpc) is 1.63. The highest BCUT2D eigenvalue weighted by Gasteiger charge is 2.30. The summed E-state index contributed by atoms with van der Waals surface area (Å²) in [4.78, 5) is 34.3. The van der Waals surface area contributed by atoms with Gasteiger partial charge in [0.2, 0.25) is 0 Å². The lowest BCUT2D eigenvalue weighted by Gasteiger charge is -2.26. The second-order valence-corrected chi connectivity index (χ2v) is 29.8. The Kier molecular flexibility index (Phi) is 43.1. The first-order valence-electron chi connectivity index (χ1n) is 48.1. The molecule has 13 aromatic heterocycles. The zero-order chi connectivity index (χ0) is 96.1. The Morgan fingerprint density at radius 2 is 0.586 bits per heavy atom. The molecule has 0 saturated heterocycles. The van der Waals surface area contributed by atoms with Crippen molar-refractivity contribution in [2.45, 2.75) is 240 Å². The van der Waals surface area contributed by atoms with Gasteiger partial charge >= 0.3 is 0 Å². The highest BCUT2D eigenvalue weighted by Crippen LogP contribution is 2.41. The second kappa shape index (κ2) is 55.1. The third kappa shape index (κ3) is 25.9. The fourth-order valence-corrected chi connectivity index (χ4v) is 17.1. The number of hydrogen-bond acceptors (Lipinski definition) is 16. The maximum absolute atomic E-state index is 6.03. The summed E-state index contributed by atoms with van der Waals surface area (Å²) in [7, 11) is 0. The lowest BCUT2D eigenvalue weighted by Crippen LogP contribution is -2.18. The Bertz CT molecular complexity index is 5730. The maximum Gasteiger partial charge on any atom is 0.137 e. The number of fused-ring (bicyclic) bond motifs is 11. The van der Waals surface area contributed by atoms with Crippen LogP contribution < -0.4 is 22.9 Å². The molecular formula is C110H143N23. The Hall–Kier alpha value is -14.2. The number of aryl methyl sites for hydroxylation is 8. The first-order valence-corrected chi connectivity index (χ1v) is 48.1. The standard InChI is InChI=1S/4C17H18N4.C8H7N.2C7H6N2.C4H4N2.8C2H6/c4*1-11-16-15(9-10-19-17(16)18)21(20-11)14-8-4-6-12-5-2-3-7-13(12)14;1-2-4-8-7(3-1)5-6-9-8;1-2-6-3-5-9-7(6)8-4-1;1-2-4-7-6(3-1)5-8-9-7;1-2-5-4-6-3-1;8*1-2/h4*2-3,5,7,9-10,14H,4,6,8H2,1H3,(H2,18,19);1-6,9H;2*1-5H,(H,8,9);1-4H;8*1-2H3. The van der Waals surface area contributed by atoms with Crippen LogP contribution in [-0.4, -0.2) is 94.2 Å². The number of nitrogen functional groups attached to an aromatic ring is 4. The minimum absolute atomic E-state index is 0.299. The van der Waals surface area contributed by atoms with E-state index >= 15 is 0 Å². The van der Waals surface area contributed by atoms with Crippen LogP contribution in [0.15, 0.2) is 268 Å². The van der Waals surface area contributed by atoms with E-state index in [1.165, 1.54) is 87.4 Å². The van der Waals surface area contributed by atoms with Crippen LogP contribution in [0.4, 0.5) is 23.3 Å². The molecule has 19 aromatic rings. The summed E-state index contributed by atoms with van der Waals surface area (Å²) in [6.45, 7) is 40.0. The van der Waals surface area contributed by atoms with Crippen LogP contribution in [0, 0.1) is 27.7 Å². The number of para-hydroxylation sites is 2. The number of anilines is 4. The molecule has 0 bridgehead atoms. The zero-order valence-corrected chi connectivity index (χ0v) is 82.2. The zero-order valence-electron chi connectivity index (χ0n) is 82.2. The van der Waals surface area contributed by atoms with E-state index in [0.29, 0.717) is 47.4 Å². The van der Waals surface area contributed by atoms with Crippen LogP contribution in [0.3, 0.4) is 0 Å². The third-order valence-electron chi connectivity index (χ3n) is 22.4. The first kappa shape index (κ1) is 104. The Balaban J connectivity index is 0.000000188. The Morgan fingerprint density at radius 1 is 0.286 bits per heavy atom. The van der Waals surface area contributed by atoms with Crippen molar-refractivity contribution < 1.29 is 0 Å². The summed E-state index contributed by atoms with van der Waals surface area (Å²) in [6.07, 6.45) is 33.3. The largest absolute Gasteiger partial charge is 0.383 e. The van der Waals surface area contributed by atoms with Crippen molar-refractivity contribution in [2.75, 3.05) is 22.9 Å². The van der Waals surface area contributed by atoms with Gasteiger partial charge in [-0.05, 0) is 221 Å². The van der Waals surface area contributed by atoms with Gasteiger partial charge in [-0.3, -0.25) is 23.8 Å². The van der Waals surface area contributed by atoms with E-state index in [4.69, 9.17) is 43.3 Å². The molecular weight excluding hydrogens is 1640 g/mol. The highest BCUT2D eigenvalue weighted by atomic mass is 15.3. The van der Waals surface area contributed by atoms with Gasteiger partial charge in [0.05, 0.1) is 102 Å². The van der Waals surface area contributed by atoms with Crippen molar-refractivity contribution in [3.8, 4) is 0 Å². The van der Waals surface area contributed by atoms with Crippen LogP contribution in [0.5, 0.6) is 0 Å². The number of aromatic nitrogens is 19. The van der Waals surface area contributed by atoms with Crippen LogP contribution >= 0.6 is 0 Å². The number of hydrogen-bond donors (Lipinski definition) is 7. The van der Waals surface area contributed by atoms with Crippen LogP contribution in [0.1, 0.15) is 254 Å². The third-order valence-corrected chi connectivity index (χ3v) is 22.4. The summed E-state index contributed by atoms with van der Waals surface area (Å²) >= 11 is 0. The van der Waals surface area contributed by atoms with Gasteiger partial charge in [0.1, 0.15) is 35.2 Å². The molecule has 0 radical (unpaired) electrons. The lowest BCUT2D eigenvalue weighted by molar-refractivity contribution is 0.460. The molecule has 698 valence electrons. The minimum atomic E-state index is 0.299. The van der Waals surface area contributed by atoms with E-state index in [0.717, 1.165) is 140 Å². The van der Waals surface area contributed by atoms with Crippen molar-refractivity contribution in [3.63, 3.8) is 0 Å². The van der Waals surface area contributed by atoms with E-state index in [1.807, 2.05) is 236 Å². The van der Waals surface area contributed by atoms with Crippen molar-refractivity contribution in [3.05, 3.63) is 336 Å². The lowest BCUT2D eigenvalue weighted by atomic mass is 9.88. The quantitative estimate of drug-likeness (QED) is 0.0861. The number of benzene rings is 6. The summed E-state index contributed by atoms with van der Waals surface area (Å²) in [5, 5.41) is 33.4. The molecule has 0 saturated carbocycles. The van der Waals surface area contributed by atoms with Crippen molar-refractivity contribution in [1.29, 1.82) is 0 Å². The van der Waals surface area contributed by atoms with E-state index in [-0.39, 0.29) is 0 Å². The molecule has 6 aromatic carbocycles. The van der Waals surface area contributed by atoms with Gasteiger partial charge in [-0.15, -0.1) is 0 Å². The fraction of sp³-hybridized carbons (Fsp3) is 0.327. The van der Waals surface area contributed by atoms with Crippen LogP contribution in [0.25, 0.3) is 76.5 Å². The van der Waals surface area contributed by atoms with E-state index in [2.05, 4.69) is 189 Å². The molecule has 4 unspecified atom stereocenters. The summed E-state index contributed by atoms with van der Waals surface area (Å²) in [5.41, 5.74) is 46.9. The van der Waals surface area contributed by atoms with Gasteiger partial charge in [0, 0.05) is 72.1 Å². The predicted octanol–water partition coefficient (Wildman–Crippen LogP) is 27.0. The molecule has 23 heteroatoms. The molecule has 4 atom stereocenters. The number of aromatic amines is 3. The molecule has 4 aliphatic carbocycles. The Labute approximate surface area is 787 Å². The van der Waals surface area contributed by atoms with Gasteiger partial charge in [-0.25, -0.2) is 34.9 Å². The number of pyridine rings is 5. The van der Waals surface area contributed by atoms with Gasteiger partial charge < -0.3 is 32.9 Å². The molecule has 0 amide bonds. The van der Waals surface area contributed by atoms with Crippen molar-refractivity contribution in [1.82, 2.24) is 94.2 Å². The topological polar surface area (TPSA) is 326 Å². The van der Waals surface area contributed by atoms with Crippen LogP contribution in [0.2, 0.25) is 0 Å². The number of H-pyrrole nitrogens is 3. The smallest absolute Gasteiger partial charge is 0.137 e. The average molecular weight is 1790 g/mol. The maximum atomic E-state index is 6.03. The fourth-order valence-electron chi connectivity index (χ4n) is 17.1. The highest BCUT2D eigenvalue weighted by molar-refractivity contribution is 5.94. The molecule has 4 aliphatic rings. The molecule has 0 fully saturated rings. The minimum Gasteiger partial charge on any atom is -0.383 e. The molecule has 13 heterocycles. The molecule has 23 rings (SSSR count). The van der Waals surface area contributed by atoms with Gasteiger partial charge in [0.25, 0.3) is 0 Å². The molecule has 0 spiro atoms. The number of nitrogens with one attached hydrogen (secondary N) is 3. The van der Waals surface area contributed by atoms with E-state index in [9.17, 15) is 0 Å². The second-order valence-electron chi connectivity index (χ2n) is 29.8. The molecule has 133 heavy (non-hydrogen) atoms. The summed E-state index contributed by atoms with van der Waals surface area (Å²) < 4.78 is 8.56. The normalized spacial score (nSPS) is 14.1. The molecule has 11 N–H and O–H groups in total. The van der Waals surface area contributed by atoms with E-state index in [1.54, 1.807) is 49.4 Å². The SMILES string of the molecule is CC.CC.CC.CC.CC.CC.CC.CC.Cc1nn(C2CCCc3ccccc32)c2ccnc(N)c12.Cc1nn(C2CCCc3ccccc32)c2ccnc(N)c12.Cc1nn(C2CCCc3ccccc32)c2ccnc(N)c12.Cc1nn(C2CCCc3ccccc32)c2ccnc(N)c12.c1ccc2[nH]ccc2c1.c1ccc2[nH]ncc2c1.c1cnc2[nH]ccc2c1.c1cncnc1. The van der Waals surface area contributed by atoms with Crippen molar-refractivity contribution in [2.24, 2.45) is 0 Å². The number of rotatable bonds is 4. The van der Waals surface area contributed by atoms with Crippen LogP contribution in [-0.2, 0) is 25.7 Å². The number of nitrogens with two attached hydrogens (primary N) is 4. The molecule has 0 aliphatic heterocycles. The summed E-state index contributed by atoms with van der Waals surface area (Å²) in [6, 6.07) is 70.1. The first-order chi connectivity index (χ1) is 65.4.